The molecule has 2 atom stereocenters. The zero-order valence-electron chi connectivity index (χ0n) is 17.1. The lowest BCUT2D eigenvalue weighted by molar-refractivity contribution is -0.130. The molecule has 0 spiro atoms. The number of hydrogen-bond donors (Lipinski definition) is 0. The fourth-order valence-electron chi connectivity index (χ4n) is 4.85. The molecule has 1 amide bonds. The van der Waals surface area contributed by atoms with Gasteiger partial charge in [0.15, 0.2) is 0 Å². The largest absolute Gasteiger partial charge is 0.361 e. The number of aromatic nitrogens is 3. The van der Waals surface area contributed by atoms with Crippen molar-refractivity contribution in [3.63, 3.8) is 0 Å². The highest BCUT2D eigenvalue weighted by atomic mass is 16.5. The zero-order valence-corrected chi connectivity index (χ0v) is 17.1. The highest BCUT2D eigenvalue weighted by molar-refractivity contribution is 5.79. The van der Waals surface area contributed by atoms with Gasteiger partial charge in [0.05, 0.1) is 12.1 Å². The molecule has 0 aliphatic carbocycles. The summed E-state index contributed by atoms with van der Waals surface area (Å²) in [6, 6.07) is 1.84. The zero-order chi connectivity index (χ0) is 19.9. The van der Waals surface area contributed by atoms with Gasteiger partial charge in [-0.2, -0.15) is 0 Å². The van der Waals surface area contributed by atoms with Crippen molar-refractivity contribution in [3.05, 3.63) is 35.5 Å². The smallest absolute Gasteiger partial charge is 0.227 e. The van der Waals surface area contributed by atoms with Crippen LogP contribution < -0.4 is 4.90 Å². The van der Waals surface area contributed by atoms with E-state index in [0.717, 1.165) is 55.7 Å². The lowest BCUT2D eigenvalue weighted by atomic mass is 9.80. The molecule has 2 fully saturated rings. The first-order valence-corrected chi connectivity index (χ1v) is 9.74. The number of carbonyl (C=O) groups is 1. The van der Waals surface area contributed by atoms with E-state index in [-0.39, 0.29) is 11.3 Å². The summed E-state index contributed by atoms with van der Waals surface area (Å²) in [4.78, 5) is 28.4. The number of amides is 1. The SMILES string of the molecule is Cc1noc(C)c1CC(=O)N1C[C@@H]2CN(c3ncccn3)C[C@]2(CN(C)C)C1. The predicted molar refractivity (Wildman–Crippen MR) is 105 cm³/mol. The van der Waals surface area contributed by atoms with E-state index in [1.54, 1.807) is 12.4 Å². The molecule has 0 saturated carbocycles. The summed E-state index contributed by atoms with van der Waals surface area (Å²) >= 11 is 0. The highest BCUT2D eigenvalue weighted by Crippen LogP contribution is 2.44. The van der Waals surface area contributed by atoms with Gasteiger partial charge in [-0.1, -0.05) is 5.16 Å². The molecule has 2 aliphatic rings. The number of anilines is 1. The summed E-state index contributed by atoms with van der Waals surface area (Å²) in [6.07, 6.45) is 3.93. The van der Waals surface area contributed by atoms with Crippen molar-refractivity contribution in [3.8, 4) is 0 Å². The molecule has 8 nitrogen and oxygen atoms in total. The van der Waals surface area contributed by atoms with Crippen molar-refractivity contribution >= 4 is 11.9 Å². The normalized spacial score (nSPS) is 24.2. The van der Waals surface area contributed by atoms with Gasteiger partial charge in [-0.05, 0) is 34.0 Å². The summed E-state index contributed by atoms with van der Waals surface area (Å²) in [5.74, 6) is 2.08. The average molecular weight is 384 g/mol. The predicted octanol–water partition coefficient (Wildman–Crippen LogP) is 1.15. The van der Waals surface area contributed by atoms with E-state index in [2.05, 4.69) is 39.0 Å². The maximum absolute atomic E-state index is 13.0. The molecule has 0 unspecified atom stereocenters. The number of rotatable bonds is 5. The second-order valence-corrected chi connectivity index (χ2v) is 8.48. The van der Waals surface area contributed by atoms with Crippen LogP contribution in [0.3, 0.4) is 0 Å². The summed E-state index contributed by atoms with van der Waals surface area (Å²) in [6.45, 7) is 7.99. The number of fused-ring (bicyclic) bond motifs is 1. The first-order valence-electron chi connectivity index (χ1n) is 9.74. The molecular weight excluding hydrogens is 356 g/mol. The molecule has 2 aromatic rings. The molecule has 28 heavy (non-hydrogen) atoms. The first-order chi connectivity index (χ1) is 13.4. The van der Waals surface area contributed by atoms with Crippen LogP contribution in [-0.2, 0) is 11.2 Å². The van der Waals surface area contributed by atoms with Crippen LogP contribution in [-0.4, -0.2) is 77.7 Å². The maximum Gasteiger partial charge on any atom is 0.227 e. The van der Waals surface area contributed by atoms with Crippen LogP contribution in [0.1, 0.15) is 17.0 Å². The van der Waals surface area contributed by atoms with Gasteiger partial charge in [0.1, 0.15) is 5.76 Å². The van der Waals surface area contributed by atoms with Crippen LogP contribution in [0.25, 0.3) is 0 Å². The Balaban J connectivity index is 1.51. The summed E-state index contributed by atoms with van der Waals surface area (Å²) in [7, 11) is 4.20. The Labute approximate surface area is 165 Å². The fraction of sp³-hybridized carbons (Fsp3) is 0.600. The van der Waals surface area contributed by atoms with Gasteiger partial charge in [0.2, 0.25) is 11.9 Å². The second kappa shape index (κ2) is 7.16. The molecule has 4 rings (SSSR count). The van der Waals surface area contributed by atoms with Crippen LogP contribution in [0.4, 0.5) is 5.95 Å². The minimum atomic E-state index is 0.0388. The van der Waals surface area contributed by atoms with Crippen LogP contribution in [0.5, 0.6) is 0 Å². The van der Waals surface area contributed by atoms with Crippen LogP contribution in [0.15, 0.2) is 23.0 Å². The Kier molecular flexibility index (Phi) is 4.82. The highest BCUT2D eigenvalue weighted by Gasteiger charge is 2.54. The topological polar surface area (TPSA) is 78.6 Å². The Hall–Kier alpha value is -2.48. The Morgan fingerprint density at radius 1 is 1.25 bits per heavy atom. The van der Waals surface area contributed by atoms with Gasteiger partial charge in [-0.3, -0.25) is 4.79 Å². The van der Waals surface area contributed by atoms with Gasteiger partial charge in [-0.15, -0.1) is 0 Å². The number of likely N-dealkylation sites (tertiary alicyclic amines) is 1. The maximum atomic E-state index is 13.0. The molecule has 2 saturated heterocycles. The monoisotopic (exact) mass is 384 g/mol. The van der Waals surface area contributed by atoms with Gasteiger partial charge < -0.3 is 19.2 Å². The van der Waals surface area contributed by atoms with Crippen molar-refractivity contribution in [2.75, 3.05) is 51.7 Å². The molecular formula is C20H28N6O2. The third-order valence-electron chi connectivity index (χ3n) is 6.09. The molecule has 2 aliphatic heterocycles. The van der Waals surface area contributed by atoms with Gasteiger partial charge in [0, 0.05) is 62.0 Å². The number of nitrogens with zero attached hydrogens (tertiary/aromatic N) is 6. The standard InChI is InChI=1S/C20H28N6O2/c1-14-17(15(2)28-23-14)8-18(27)25-9-16-10-26(19-21-6-5-7-22-19)13-20(16,12-25)11-24(3)4/h5-7,16H,8-13H2,1-4H3/t16-,20+/m1/s1. The summed E-state index contributed by atoms with van der Waals surface area (Å²) in [5, 5.41) is 3.98. The molecule has 0 N–H and O–H groups in total. The minimum absolute atomic E-state index is 0.0388. The van der Waals surface area contributed by atoms with Crippen molar-refractivity contribution in [1.82, 2.24) is 24.9 Å². The van der Waals surface area contributed by atoms with Gasteiger partial charge in [0.25, 0.3) is 0 Å². The van der Waals surface area contributed by atoms with E-state index in [1.807, 2.05) is 24.8 Å². The summed E-state index contributed by atoms with van der Waals surface area (Å²) in [5.41, 5.74) is 1.76. The Morgan fingerprint density at radius 2 is 2.00 bits per heavy atom. The van der Waals surface area contributed by atoms with Crippen molar-refractivity contribution in [1.29, 1.82) is 0 Å². The Bertz CT molecular complexity index is 832. The lowest BCUT2D eigenvalue weighted by Gasteiger charge is -2.32. The molecule has 150 valence electrons. The van der Waals surface area contributed by atoms with Crippen molar-refractivity contribution in [2.24, 2.45) is 11.3 Å². The van der Waals surface area contributed by atoms with Gasteiger partial charge in [-0.25, -0.2) is 9.97 Å². The van der Waals surface area contributed by atoms with E-state index in [1.165, 1.54) is 0 Å². The molecule has 4 heterocycles. The third-order valence-corrected chi connectivity index (χ3v) is 6.09. The Morgan fingerprint density at radius 3 is 2.64 bits per heavy atom. The quantitative estimate of drug-likeness (QED) is 0.765. The molecule has 8 heteroatoms. The first kappa shape index (κ1) is 18.9. The number of aryl methyl sites for hydroxylation is 2. The molecule has 0 aromatic carbocycles. The van der Waals surface area contributed by atoms with Crippen LogP contribution >= 0.6 is 0 Å². The van der Waals surface area contributed by atoms with Crippen LogP contribution in [0.2, 0.25) is 0 Å². The average Bonchev–Trinajstić information content (AvgIpc) is 3.27. The van der Waals surface area contributed by atoms with E-state index in [0.29, 0.717) is 12.3 Å². The van der Waals surface area contributed by atoms with Crippen molar-refractivity contribution in [2.45, 2.75) is 20.3 Å². The fourth-order valence-corrected chi connectivity index (χ4v) is 4.85. The molecule has 0 bridgehead atoms. The van der Waals surface area contributed by atoms with E-state index in [4.69, 9.17) is 4.52 Å². The molecule has 2 aromatic heterocycles. The number of carbonyl (C=O) groups excluding carboxylic acids is 1. The second-order valence-electron chi connectivity index (χ2n) is 8.48. The third kappa shape index (κ3) is 3.37. The number of hydrogen-bond acceptors (Lipinski definition) is 7. The van der Waals surface area contributed by atoms with E-state index in [9.17, 15) is 4.79 Å². The minimum Gasteiger partial charge on any atom is -0.361 e. The molecule has 0 radical (unpaired) electrons. The van der Waals surface area contributed by atoms with Crippen molar-refractivity contribution < 1.29 is 9.32 Å². The van der Waals surface area contributed by atoms with E-state index < -0.39 is 0 Å². The van der Waals surface area contributed by atoms with E-state index >= 15 is 0 Å². The summed E-state index contributed by atoms with van der Waals surface area (Å²) < 4.78 is 5.22. The lowest BCUT2D eigenvalue weighted by Crippen LogP contribution is -2.43. The van der Waals surface area contributed by atoms with Gasteiger partial charge >= 0.3 is 0 Å². The van der Waals surface area contributed by atoms with Crippen LogP contribution in [0, 0.1) is 25.2 Å².